The lowest BCUT2D eigenvalue weighted by Gasteiger charge is -2.22. The van der Waals surface area contributed by atoms with E-state index in [2.05, 4.69) is 19.2 Å². The molecule has 0 saturated carbocycles. The highest BCUT2D eigenvalue weighted by Gasteiger charge is 2.20. The molecule has 0 aromatic heterocycles. The van der Waals surface area contributed by atoms with Crippen molar-refractivity contribution in [2.75, 3.05) is 13.2 Å². The topological polar surface area (TPSA) is 95.9 Å². The lowest BCUT2D eigenvalue weighted by atomic mass is 10.0. The van der Waals surface area contributed by atoms with E-state index in [1.54, 1.807) is 0 Å². The van der Waals surface area contributed by atoms with Crippen LogP contribution >= 0.6 is 0 Å². The second-order valence-corrected chi connectivity index (χ2v) is 31.7. The van der Waals surface area contributed by atoms with Crippen LogP contribution in [0.1, 0.15) is 540 Å². The Labute approximate surface area is 604 Å². The van der Waals surface area contributed by atoms with Crippen molar-refractivity contribution in [3.8, 4) is 0 Å². The van der Waals surface area contributed by atoms with Crippen molar-refractivity contribution >= 4 is 11.9 Å². The van der Waals surface area contributed by atoms with Crippen LogP contribution in [0.15, 0.2) is 0 Å². The molecule has 0 rings (SSSR count). The summed E-state index contributed by atoms with van der Waals surface area (Å²) in [6.45, 7) is 5.03. The molecule has 2 atom stereocenters. The first-order chi connectivity index (χ1) is 47.5. The van der Waals surface area contributed by atoms with Gasteiger partial charge < -0.3 is 20.3 Å². The molecule has 6 heteroatoms. The number of unbranched alkanes of at least 4 members (excludes halogenated alkanes) is 76. The van der Waals surface area contributed by atoms with Gasteiger partial charge in [-0.15, -0.1) is 0 Å². The van der Waals surface area contributed by atoms with Crippen molar-refractivity contribution in [2.24, 2.45) is 0 Å². The quantitative estimate of drug-likeness (QED) is 0.0417. The molecular weight excluding hydrogens is 1170 g/mol. The molecule has 1 amide bonds. The van der Waals surface area contributed by atoms with Crippen LogP contribution in [-0.2, 0) is 14.3 Å². The summed E-state index contributed by atoms with van der Waals surface area (Å²) in [5, 5.41) is 23.5. The molecule has 0 heterocycles. The van der Waals surface area contributed by atoms with E-state index in [1.165, 1.54) is 469 Å². The van der Waals surface area contributed by atoms with Gasteiger partial charge in [-0.3, -0.25) is 9.59 Å². The summed E-state index contributed by atoms with van der Waals surface area (Å²) < 4.78 is 5.53. The van der Waals surface area contributed by atoms with Crippen LogP contribution in [0.5, 0.6) is 0 Å². The number of carbonyl (C=O) groups excluding carboxylic acids is 2. The number of esters is 1. The van der Waals surface area contributed by atoms with Crippen molar-refractivity contribution < 1.29 is 24.5 Å². The number of aliphatic hydroxyl groups excluding tert-OH is 2. The molecule has 3 N–H and O–H groups in total. The fourth-order valence-corrected chi connectivity index (χ4v) is 15.1. The van der Waals surface area contributed by atoms with E-state index in [0.29, 0.717) is 25.9 Å². The first-order valence-electron chi connectivity index (χ1n) is 45.3. The van der Waals surface area contributed by atoms with Crippen LogP contribution in [0.4, 0.5) is 0 Å². The average molecular weight is 1360 g/mol. The first kappa shape index (κ1) is 94.9. The lowest BCUT2D eigenvalue weighted by molar-refractivity contribution is -0.143. The molecule has 0 saturated heterocycles. The Bertz CT molecular complexity index is 1420. The first-order valence-corrected chi connectivity index (χ1v) is 45.3. The summed E-state index contributed by atoms with van der Waals surface area (Å²) in [7, 11) is 0. The molecule has 0 spiro atoms. The number of aliphatic hydroxyl groups is 2. The summed E-state index contributed by atoms with van der Waals surface area (Å²) in [5.74, 6) is 0.00826. The maximum atomic E-state index is 12.6. The fourth-order valence-electron chi connectivity index (χ4n) is 15.1. The van der Waals surface area contributed by atoms with Crippen LogP contribution < -0.4 is 5.32 Å². The summed E-state index contributed by atoms with van der Waals surface area (Å²) >= 11 is 0. The summed E-state index contributed by atoms with van der Waals surface area (Å²) in [5.41, 5.74) is 0. The third-order valence-electron chi connectivity index (χ3n) is 21.9. The molecule has 2 unspecified atom stereocenters. The van der Waals surface area contributed by atoms with E-state index >= 15 is 0 Å². The van der Waals surface area contributed by atoms with Crippen molar-refractivity contribution in [3.05, 3.63) is 0 Å². The van der Waals surface area contributed by atoms with Crippen LogP contribution in [0.3, 0.4) is 0 Å². The molecule has 0 bridgehead atoms. The van der Waals surface area contributed by atoms with E-state index in [0.717, 1.165) is 38.5 Å². The van der Waals surface area contributed by atoms with E-state index < -0.39 is 12.1 Å². The van der Waals surface area contributed by atoms with Crippen molar-refractivity contribution in [1.29, 1.82) is 0 Å². The highest BCUT2D eigenvalue weighted by Crippen LogP contribution is 2.22. The minimum absolute atomic E-state index is 0.0220. The standard InChI is InChI=1S/C90H179NO5/c1-3-5-7-9-11-13-15-17-19-21-23-24-44-47-50-54-58-62-66-70-74-78-82-88(93)87(86-92)91-89(94)83-79-75-71-67-63-59-55-51-48-45-42-40-38-36-34-32-30-28-26-25-27-29-31-33-35-37-39-41-43-46-49-53-57-61-65-69-73-77-81-85-96-90(95)84-80-76-72-68-64-60-56-52-22-20-18-16-14-12-10-8-6-4-2/h87-88,92-93H,3-86H2,1-2H3,(H,91,94). The van der Waals surface area contributed by atoms with Gasteiger partial charge in [0, 0.05) is 12.8 Å². The maximum absolute atomic E-state index is 12.6. The van der Waals surface area contributed by atoms with Crippen LogP contribution in [-0.4, -0.2) is 47.4 Å². The van der Waals surface area contributed by atoms with Gasteiger partial charge in [-0.05, 0) is 25.7 Å². The largest absolute Gasteiger partial charge is 0.466 e. The van der Waals surface area contributed by atoms with Gasteiger partial charge in [-0.2, -0.15) is 0 Å². The Morgan fingerprint density at radius 1 is 0.250 bits per heavy atom. The third kappa shape index (κ3) is 81.8. The van der Waals surface area contributed by atoms with E-state index in [1.807, 2.05) is 0 Å². The van der Waals surface area contributed by atoms with Gasteiger partial charge in [0.1, 0.15) is 0 Å². The number of ether oxygens (including phenoxy) is 1. The van der Waals surface area contributed by atoms with Crippen molar-refractivity contribution in [3.63, 3.8) is 0 Å². The van der Waals surface area contributed by atoms with Crippen molar-refractivity contribution in [2.45, 2.75) is 553 Å². The molecule has 0 aliphatic heterocycles. The molecule has 96 heavy (non-hydrogen) atoms. The highest BCUT2D eigenvalue weighted by molar-refractivity contribution is 5.76. The van der Waals surface area contributed by atoms with Gasteiger partial charge in [0.25, 0.3) is 0 Å². The molecule has 0 fully saturated rings. The number of carbonyl (C=O) groups is 2. The molecule has 6 nitrogen and oxygen atoms in total. The Kier molecular flexibility index (Phi) is 85.2. The zero-order valence-electron chi connectivity index (χ0n) is 66.2. The Hall–Kier alpha value is -1.14. The Morgan fingerprint density at radius 3 is 0.635 bits per heavy atom. The summed E-state index contributed by atoms with van der Waals surface area (Å²) in [4.78, 5) is 24.7. The molecule has 0 aromatic rings. The van der Waals surface area contributed by atoms with Crippen LogP contribution in [0.25, 0.3) is 0 Å². The monoisotopic (exact) mass is 1350 g/mol. The number of nitrogens with one attached hydrogen (secondary N) is 1. The van der Waals surface area contributed by atoms with E-state index in [-0.39, 0.29) is 18.5 Å². The van der Waals surface area contributed by atoms with Gasteiger partial charge >= 0.3 is 5.97 Å². The van der Waals surface area contributed by atoms with Gasteiger partial charge in [0.2, 0.25) is 5.91 Å². The SMILES string of the molecule is CCCCCCCCCCCCCCCCCCCCCCCCC(O)C(CO)NC(=O)CCCCCCCCCCCCCCCCCCCCCCCCCCCCCCCCCCCCCCCCCOC(=O)CCCCCCCCCCCCCCCCCCCC. The number of rotatable bonds is 87. The van der Waals surface area contributed by atoms with Gasteiger partial charge in [0.15, 0.2) is 0 Å². The van der Waals surface area contributed by atoms with Crippen LogP contribution in [0.2, 0.25) is 0 Å². The molecular formula is C90H179NO5. The number of hydrogen-bond acceptors (Lipinski definition) is 5. The fraction of sp³-hybridized carbons (Fsp3) is 0.978. The molecule has 574 valence electrons. The molecule has 0 aromatic carbocycles. The Morgan fingerprint density at radius 2 is 0.427 bits per heavy atom. The van der Waals surface area contributed by atoms with E-state index in [9.17, 15) is 19.8 Å². The summed E-state index contributed by atoms with van der Waals surface area (Å²) in [6.07, 6.45) is 110. The van der Waals surface area contributed by atoms with Crippen molar-refractivity contribution in [1.82, 2.24) is 5.32 Å². The number of amides is 1. The second kappa shape index (κ2) is 86.3. The normalized spacial score (nSPS) is 12.3. The second-order valence-electron chi connectivity index (χ2n) is 31.7. The number of hydrogen-bond donors (Lipinski definition) is 3. The predicted octanol–water partition coefficient (Wildman–Crippen LogP) is 30.4. The zero-order chi connectivity index (χ0) is 69.1. The zero-order valence-corrected chi connectivity index (χ0v) is 66.2. The lowest BCUT2D eigenvalue weighted by Crippen LogP contribution is -2.45. The van der Waals surface area contributed by atoms with Gasteiger partial charge in [0.05, 0.1) is 25.4 Å². The molecule has 0 aliphatic carbocycles. The minimum atomic E-state index is -0.660. The van der Waals surface area contributed by atoms with Crippen LogP contribution in [0, 0.1) is 0 Å². The van der Waals surface area contributed by atoms with E-state index in [4.69, 9.17) is 4.74 Å². The third-order valence-corrected chi connectivity index (χ3v) is 21.9. The van der Waals surface area contributed by atoms with Gasteiger partial charge in [-0.25, -0.2) is 0 Å². The maximum Gasteiger partial charge on any atom is 0.305 e. The molecule has 0 aliphatic rings. The van der Waals surface area contributed by atoms with Gasteiger partial charge in [-0.1, -0.05) is 502 Å². The predicted molar refractivity (Wildman–Crippen MR) is 426 cm³/mol. The average Bonchev–Trinajstić information content (AvgIpc) is 2.31. The Balaban J connectivity index is 3.28. The summed E-state index contributed by atoms with van der Waals surface area (Å²) in [6, 6.07) is -0.537. The highest BCUT2D eigenvalue weighted by atomic mass is 16.5. The minimum Gasteiger partial charge on any atom is -0.466 e. The smallest absolute Gasteiger partial charge is 0.305 e. The molecule has 0 radical (unpaired) electrons.